The number of nitrogens with two attached hydrogens (primary N) is 1. The van der Waals surface area contributed by atoms with Gasteiger partial charge in [-0.2, -0.15) is 4.31 Å². The Hall–Kier alpha value is -1.11. The number of nitrogen functional groups attached to an aromatic ring is 1. The van der Waals surface area contributed by atoms with Crippen LogP contribution in [0.5, 0.6) is 0 Å². The van der Waals surface area contributed by atoms with Crippen LogP contribution in [-0.2, 0) is 10.0 Å². The van der Waals surface area contributed by atoms with Crippen LogP contribution in [0.3, 0.4) is 0 Å². The van der Waals surface area contributed by atoms with E-state index in [1.807, 2.05) is 6.92 Å². The van der Waals surface area contributed by atoms with Gasteiger partial charge in [0.25, 0.3) is 0 Å². The summed E-state index contributed by atoms with van der Waals surface area (Å²) in [6, 6.07) is 5.21. The Bertz CT molecular complexity index is 601. The van der Waals surface area contributed by atoms with E-state index in [0.717, 1.165) is 31.5 Å². The first-order valence-corrected chi connectivity index (χ1v) is 8.86. The van der Waals surface area contributed by atoms with E-state index in [0.29, 0.717) is 23.2 Å². The summed E-state index contributed by atoms with van der Waals surface area (Å²) in [5, 5.41) is 0. The van der Waals surface area contributed by atoms with Crippen molar-refractivity contribution in [2.75, 3.05) is 32.4 Å². The fraction of sp³-hybridized carbons (Fsp3) is 0.600. The van der Waals surface area contributed by atoms with Gasteiger partial charge in [0.15, 0.2) is 0 Å². The van der Waals surface area contributed by atoms with E-state index in [4.69, 9.17) is 5.73 Å². The lowest BCUT2D eigenvalue weighted by molar-refractivity contribution is 0.237. The van der Waals surface area contributed by atoms with Crippen molar-refractivity contribution in [3.8, 4) is 0 Å². The second-order valence-electron chi connectivity index (χ2n) is 5.73. The fourth-order valence-electron chi connectivity index (χ4n) is 2.90. The van der Waals surface area contributed by atoms with Gasteiger partial charge in [-0.3, -0.25) is 4.90 Å². The molecule has 1 aliphatic heterocycles. The van der Waals surface area contributed by atoms with E-state index in [-0.39, 0.29) is 0 Å². The van der Waals surface area contributed by atoms with Crippen molar-refractivity contribution in [1.29, 1.82) is 0 Å². The van der Waals surface area contributed by atoms with Gasteiger partial charge in [-0.25, -0.2) is 8.42 Å². The van der Waals surface area contributed by atoms with Gasteiger partial charge in [-0.15, -0.1) is 0 Å². The molecule has 1 atom stereocenters. The summed E-state index contributed by atoms with van der Waals surface area (Å²) < 4.78 is 26.8. The summed E-state index contributed by atoms with van der Waals surface area (Å²) in [6.45, 7) is 6.52. The van der Waals surface area contributed by atoms with Crippen LogP contribution in [0.2, 0.25) is 0 Å². The van der Waals surface area contributed by atoms with Crippen LogP contribution in [-0.4, -0.2) is 50.3 Å². The van der Waals surface area contributed by atoms with E-state index in [2.05, 4.69) is 11.8 Å². The smallest absolute Gasteiger partial charge is 0.242 e. The molecule has 21 heavy (non-hydrogen) atoms. The summed E-state index contributed by atoms with van der Waals surface area (Å²) in [6.07, 6.45) is 2.21. The first-order chi connectivity index (χ1) is 9.86. The number of rotatable bonds is 5. The second kappa shape index (κ2) is 6.34. The minimum absolute atomic E-state index is 0.317. The van der Waals surface area contributed by atoms with E-state index in [1.165, 1.54) is 4.31 Å². The van der Waals surface area contributed by atoms with Gasteiger partial charge in [-0.05, 0) is 56.6 Å². The Morgan fingerprint density at radius 3 is 2.76 bits per heavy atom. The maximum Gasteiger partial charge on any atom is 0.242 e. The summed E-state index contributed by atoms with van der Waals surface area (Å²) in [5.74, 6) is 0. The van der Waals surface area contributed by atoms with Crippen LogP contribution in [0.25, 0.3) is 0 Å². The third-order valence-electron chi connectivity index (χ3n) is 4.32. The summed E-state index contributed by atoms with van der Waals surface area (Å²) in [5.41, 5.74) is 7.17. The number of sulfonamides is 1. The van der Waals surface area contributed by atoms with Gasteiger partial charge in [0, 0.05) is 25.3 Å². The number of anilines is 1. The third-order valence-corrected chi connectivity index (χ3v) is 6.14. The molecule has 1 unspecified atom stereocenters. The number of benzene rings is 1. The number of nitrogens with zero attached hydrogens (tertiary/aromatic N) is 2. The Balaban J connectivity index is 2.16. The van der Waals surface area contributed by atoms with E-state index < -0.39 is 10.0 Å². The molecular formula is C15H25N3O2S. The van der Waals surface area contributed by atoms with Crippen LogP contribution >= 0.6 is 0 Å². The molecule has 0 spiro atoms. The number of likely N-dealkylation sites (N-methyl/N-ethyl adjacent to an activating group) is 2. The Labute approximate surface area is 127 Å². The molecule has 1 saturated heterocycles. The predicted molar refractivity (Wildman–Crippen MR) is 85.7 cm³/mol. The lowest BCUT2D eigenvalue weighted by Gasteiger charge is -2.27. The van der Waals surface area contributed by atoms with E-state index in [9.17, 15) is 8.42 Å². The minimum Gasteiger partial charge on any atom is -0.399 e. The molecule has 1 aliphatic rings. The van der Waals surface area contributed by atoms with E-state index >= 15 is 0 Å². The molecule has 0 amide bonds. The zero-order valence-electron chi connectivity index (χ0n) is 13.0. The molecule has 0 aliphatic carbocycles. The van der Waals surface area contributed by atoms with Crippen molar-refractivity contribution in [2.45, 2.75) is 37.6 Å². The molecule has 2 rings (SSSR count). The standard InChI is InChI=1S/C15H25N3O2S/c1-4-18-9-5-6-13(18)11-17(3)21(19,20)14-7-8-15(16)12(2)10-14/h7-8,10,13H,4-6,9,11,16H2,1-3H3. The van der Waals surface area contributed by atoms with Crippen molar-refractivity contribution in [3.05, 3.63) is 23.8 Å². The van der Waals surface area contributed by atoms with Crippen molar-refractivity contribution >= 4 is 15.7 Å². The summed E-state index contributed by atoms with van der Waals surface area (Å²) >= 11 is 0. The molecule has 0 bridgehead atoms. The summed E-state index contributed by atoms with van der Waals surface area (Å²) in [7, 11) is -1.79. The van der Waals surface area contributed by atoms with Crippen LogP contribution in [0, 0.1) is 6.92 Å². The largest absolute Gasteiger partial charge is 0.399 e. The highest BCUT2D eigenvalue weighted by Crippen LogP contribution is 2.23. The molecular weight excluding hydrogens is 286 g/mol. The zero-order valence-corrected chi connectivity index (χ0v) is 13.9. The summed E-state index contributed by atoms with van der Waals surface area (Å²) in [4.78, 5) is 2.66. The molecule has 2 N–H and O–H groups in total. The molecule has 5 nitrogen and oxygen atoms in total. The van der Waals surface area contributed by atoms with Crippen molar-refractivity contribution in [3.63, 3.8) is 0 Å². The monoisotopic (exact) mass is 311 g/mol. The third kappa shape index (κ3) is 3.39. The van der Waals surface area contributed by atoms with Gasteiger partial charge in [-0.1, -0.05) is 6.92 Å². The maximum atomic E-state index is 12.6. The molecule has 0 radical (unpaired) electrons. The molecule has 6 heteroatoms. The SMILES string of the molecule is CCN1CCCC1CN(C)S(=O)(=O)c1ccc(N)c(C)c1. The molecule has 1 aromatic carbocycles. The average Bonchev–Trinajstić information content (AvgIpc) is 2.88. The number of likely N-dealkylation sites (tertiary alicyclic amines) is 1. The highest BCUT2D eigenvalue weighted by Gasteiger charge is 2.29. The fourth-order valence-corrected chi connectivity index (χ4v) is 4.20. The van der Waals surface area contributed by atoms with Crippen molar-refractivity contribution < 1.29 is 8.42 Å². The minimum atomic E-state index is -3.45. The Kier molecular flexibility index (Phi) is 4.91. The van der Waals surface area contributed by atoms with Gasteiger partial charge in [0.2, 0.25) is 10.0 Å². The lowest BCUT2D eigenvalue weighted by atomic mass is 10.2. The predicted octanol–water partition coefficient (Wildman–Crippen LogP) is 1.68. The molecule has 0 saturated carbocycles. The number of hydrogen-bond donors (Lipinski definition) is 1. The average molecular weight is 311 g/mol. The van der Waals surface area contributed by atoms with Crippen LogP contribution in [0.15, 0.2) is 23.1 Å². The molecule has 1 fully saturated rings. The molecule has 118 valence electrons. The quantitative estimate of drug-likeness (QED) is 0.840. The van der Waals surface area contributed by atoms with Crippen LogP contribution in [0.4, 0.5) is 5.69 Å². The van der Waals surface area contributed by atoms with Gasteiger partial charge >= 0.3 is 0 Å². The van der Waals surface area contributed by atoms with E-state index in [1.54, 1.807) is 25.2 Å². The zero-order chi connectivity index (χ0) is 15.6. The lowest BCUT2D eigenvalue weighted by Crippen LogP contribution is -2.41. The molecule has 0 aromatic heterocycles. The van der Waals surface area contributed by atoms with Gasteiger partial charge < -0.3 is 5.73 Å². The Morgan fingerprint density at radius 1 is 1.43 bits per heavy atom. The number of hydrogen-bond acceptors (Lipinski definition) is 4. The second-order valence-corrected chi connectivity index (χ2v) is 7.77. The van der Waals surface area contributed by atoms with Gasteiger partial charge in [0.05, 0.1) is 4.90 Å². The van der Waals surface area contributed by atoms with Crippen LogP contribution in [0.1, 0.15) is 25.3 Å². The molecule has 1 aromatic rings. The first kappa shape index (κ1) is 16.3. The first-order valence-electron chi connectivity index (χ1n) is 7.42. The Morgan fingerprint density at radius 2 is 2.14 bits per heavy atom. The normalized spacial score (nSPS) is 20.3. The highest BCUT2D eigenvalue weighted by atomic mass is 32.2. The van der Waals surface area contributed by atoms with Gasteiger partial charge in [0.1, 0.15) is 0 Å². The topological polar surface area (TPSA) is 66.6 Å². The van der Waals surface area contributed by atoms with Crippen LogP contribution < -0.4 is 5.73 Å². The molecule has 1 heterocycles. The van der Waals surface area contributed by atoms with Crippen molar-refractivity contribution in [2.24, 2.45) is 0 Å². The maximum absolute atomic E-state index is 12.6. The highest BCUT2D eigenvalue weighted by molar-refractivity contribution is 7.89. The van der Waals surface area contributed by atoms with Crippen molar-refractivity contribution in [1.82, 2.24) is 9.21 Å². The number of aryl methyl sites for hydroxylation is 1.